The molecule has 0 atom stereocenters. The molecule has 2 aromatic heterocycles. The number of amides is 1. The Kier molecular flexibility index (Phi) is 8.48. The molecule has 42 heavy (non-hydrogen) atoms. The van der Waals surface area contributed by atoms with E-state index >= 15 is 0 Å². The number of halogens is 4. The highest BCUT2D eigenvalue weighted by Gasteiger charge is 2.39. The zero-order valence-corrected chi connectivity index (χ0v) is 25.0. The largest absolute Gasteiger partial charge is 0.420 e. The van der Waals surface area contributed by atoms with Crippen LogP contribution in [0.2, 0.25) is 0 Å². The molecule has 1 aliphatic carbocycles. The van der Waals surface area contributed by atoms with Crippen LogP contribution in [0.15, 0.2) is 35.4 Å². The van der Waals surface area contributed by atoms with Crippen LogP contribution in [0.25, 0.3) is 10.6 Å². The van der Waals surface area contributed by atoms with E-state index < -0.39 is 11.7 Å². The smallest absolute Gasteiger partial charge is 0.334 e. The summed E-state index contributed by atoms with van der Waals surface area (Å²) in [7, 11) is 0. The van der Waals surface area contributed by atoms with Gasteiger partial charge in [0.25, 0.3) is 5.91 Å². The Morgan fingerprint density at radius 3 is 2.57 bits per heavy atom. The Hall–Kier alpha value is -2.70. The normalized spacial score (nSPS) is 18.7. The highest BCUT2D eigenvalue weighted by Crippen LogP contribution is 2.44. The third kappa shape index (κ3) is 6.16. The second kappa shape index (κ2) is 12.1. The van der Waals surface area contributed by atoms with E-state index in [4.69, 9.17) is 0 Å². The predicted octanol–water partition coefficient (Wildman–Crippen LogP) is 7.39. The van der Waals surface area contributed by atoms with E-state index in [0.29, 0.717) is 39.4 Å². The summed E-state index contributed by atoms with van der Waals surface area (Å²) in [6, 6.07) is 8.05. The van der Waals surface area contributed by atoms with E-state index in [0.717, 1.165) is 74.0 Å². The van der Waals surface area contributed by atoms with Crippen LogP contribution in [0, 0.1) is 0 Å². The number of thiophene rings is 1. The number of nitrogens with zero attached hydrogens (tertiary/aromatic N) is 4. The van der Waals surface area contributed by atoms with Crippen LogP contribution in [0.3, 0.4) is 0 Å². The summed E-state index contributed by atoms with van der Waals surface area (Å²) >= 11 is 2.58. The summed E-state index contributed by atoms with van der Waals surface area (Å²) in [6.07, 6.45) is 0.775. The molecule has 12 heteroatoms. The Balaban J connectivity index is 1.27. The van der Waals surface area contributed by atoms with E-state index in [-0.39, 0.29) is 30.3 Å². The van der Waals surface area contributed by atoms with E-state index in [9.17, 15) is 22.4 Å². The van der Waals surface area contributed by atoms with Gasteiger partial charge in [0.2, 0.25) is 5.95 Å². The Morgan fingerprint density at radius 2 is 1.88 bits per heavy atom. The molecule has 6 rings (SSSR count). The van der Waals surface area contributed by atoms with Gasteiger partial charge in [0, 0.05) is 41.7 Å². The van der Waals surface area contributed by atoms with E-state index in [2.05, 4.69) is 26.3 Å². The van der Waals surface area contributed by atoms with Crippen molar-refractivity contribution in [3.8, 4) is 10.6 Å². The summed E-state index contributed by atoms with van der Waals surface area (Å²) in [5.74, 6) is 1.07. The van der Waals surface area contributed by atoms with Gasteiger partial charge in [-0.05, 0) is 74.4 Å². The van der Waals surface area contributed by atoms with Gasteiger partial charge < -0.3 is 15.1 Å². The number of rotatable bonds is 8. The van der Waals surface area contributed by atoms with Crippen molar-refractivity contribution in [1.29, 1.82) is 0 Å². The van der Waals surface area contributed by atoms with Crippen LogP contribution in [-0.4, -0.2) is 70.3 Å². The zero-order chi connectivity index (χ0) is 29.4. The number of hydrogen-bond acceptors (Lipinski definition) is 7. The highest BCUT2D eigenvalue weighted by atomic mass is 32.2. The molecule has 0 spiro atoms. The summed E-state index contributed by atoms with van der Waals surface area (Å²) in [5, 5.41) is 3.16. The van der Waals surface area contributed by atoms with Gasteiger partial charge in [-0.15, -0.1) is 23.1 Å². The lowest BCUT2D eigenvalue weighted by molar-refractivity contribution is -0.137. The minimum Gasteiger partial charge on any atom is -0.334 e. The first-order chi connectivity index (χ1) is 20.2. The van der Waals surface area contributed by atoms with Gasteiger partial charge in [-0.25, -0.2) is 14.4 Å². The number of likely N-dealkylation sites (tertiary alicyclic amines) is 1. The van der Waals surface area contributed by atoms with Gasteiger partial charge in [-0.2, -0.15) is 13.2 Å². The second-order valence-corrected chi connectivity index (χ2v) is 13.2. The average Bonchev–Trinajstić information content (AvgIpc) is 3.75. The molecule has 224 valence electrons. The summed E-state index contributed by atoms with van der Waals surface area (Å²) in [6.45, 7) is 4.57. The molecule has 1 amide bonds. The van der Waals surface area contributed by atoms with Gasteiger partial charge in [0.15, 0.2) is 0 Å². The van der Waals surface area contributed by atoms with E-state index in [1.165, 1.54) is 17.3 Å². The van der Waals surface area contributed by atoms with Crippen molar-refractivity contribution < 1.29 is 22.4 Å². The van der Waals surface area contributed by atoms with Crippen LogP contribution >= 0.6 is 23.1 Å². The number of aryl methyl sites for hydroxylation is 1. The number of carbonyl (C=O) groups excluding carboxylic acids is 1. The molecule has 0 unspecified atom stereocenters. The van der Waals surface area contributed by atoms with Crippen molar-refractivity contribution in [3.05, 3.63) is 52.0 Å². The zero-order valence-electron chi connectivity index (χ0n) is 23.3. The third-order valence-electron chi connectivity index (χ3n) is 8.27. The number of piperidine rings is 1. The van der Waals surface area contributed by atoms with E-state index in [1.54, 1.807) is 6.07 Å². The van der Waals surface area contributed by atoms with Gasteiger partial charge in [-0.3, -0.25) is 4.79 Å². The van der Waals surface area contributed by atoms with Crippen molar-refractivity contribution in [1.82, 2.24) is 19.8 Å². The topological polar surface area (TPSA) is 61.4 Å². The number of alkyl halides is 4. The minimum atomic E-state index is -4.65. The molecular weight excluding hydrogens is 586 g/mol. The van der Waals surface area contributed by atoms with Gasteiger partial charge >= 0.3 is 6.18 Å². The molecule has 3 aromatic rings. The molecule has 1 saturated carbocycles. The maximum atomic E-state index is 14.1. The maximum Gasteiger partial charge on any atom is 0.420 e. The SMILES string of the molecule is CCc1cc(C2CCN(CCF)CC2)ccc1Nc1ncc(C(F)(F)F)c(-c2cc3c(s2)C(=O)N(C2CC2)CCS3)n1. The number of carbonyl (C=O) groups is 1. The number of aromatic nitrogens is 2. The fourth-order valence-electron chi connectivity index (χ4n) is 5.82. The number of thioether (sulfide) groups is 1. The van der Waals surface area contributed by atoms with Crippen molar-refractivity contribution in [2.75, 3.05) is 43.9 Å². The molecule has 6 nitrogen and oxygen atoms in total. The molecule has 1 aromatic carbocycles. The van der Waals surface area contributed by atoms with Crippen LogP contribution in [-0.2, 0) is 12.6 Å². The summed E-state index contributed by atoms with van der Waals surface area (Å²) < 4.78 is 55.0. The van der Waals surface area contributed by atoms with Crippen molar-refractivity contribution in [2.45, 2.75) is 62.1 Å². The Labute approximate surface area is 250 Å². The third-order valence-corrected chi connectivity index (χ3v) is 10.6. The molecule has 3 aliphatic rings. The quantitative estimate of drug-likeness (QED) is 0.266. The lowest BCUT2D eigenvalue weighted by Crippen LogP contribution is -2.34. The average molecular weight is 620 g/mol. The van der Waals surface area contributed by atoms with Crippen molar-refractivity contribution >= 4 is 40.6 Å². The number of benzene rings is 1. The maximum absolute atomic E-state index is 14.1. The monoisotopic (exact) mass is 619 g/mol. The second-order valence-electron chi connectivity index (χ2n) is 11.0. The summed E-state index contributed by atoms with van der Waals surface area (Å²) in [5.41, 5.74) is 1.84. The lowest BCUT2D eigenvalue weighted by atomic mass is 9.88. The van der Waals surface area contributed by atoms with Gasteiger partial charge in [0.05, 0.1) is 10.6 Å². The fourth-order valence-corrected chi connectivity index (χ4v) is 8.13. The van der Waals surface area contributed by atoms with Gasteiger partial charge in [0.1, 0.15) is 17.1 Å². The Bertz CT molecular complexity index is 1450. The molecule has 0 bridgehead atoms. The van der Waals surface area contributed by atoms with E-state index in [1.807, 2.05) is 24.0 Å². The summed E-state index contributed by atoms with van der Waals surface area (Å²) in [4.78, 5) is 27.2. The van der Waals surface area contributed by atoms with Crippen LogP contribution in [0.1, 0.15) is 64.9 Å². The first kappa shape index (κ1) is 29.4. The molecule has 0 radical (unpaired) electrons. The van der Waals surface area contributed by atoms with Crippen LogP contribution < -0.4 is 5.32 Å². The number of anilines is 2. The van der Waals surface area contributed by atoms with Crippen LogP contribution in [0.5, 0.6) is 0 Å². The molecular formula is C30H33F4N5OS2. The number of hydrogen-bond donors (Lipinski definition) is 1. The fraction of sp³-hybridized carbons (Fsp3) is 0.500. The van der Waals surface area contributed by atoms with Crippen molar-refractivity contribution in [3.63, 3.8) is 0 Å². The lowest BCUT2D eigenvalue weighted by Gasteiger charge is -2.31. The van der Waals surface area contributed by atoms with Crippen LogP contribution in [0.4, 0.5) is 29.2 Å². The number of fused-ring (bicyclic) bond motifs is 1. The predicted molar refractivity (Wildman–Crippen MR) is 159 cm³/mol. The number of nitrogens with one attached hydrogen (secondary N) is 1. The Morgan fingerprint density at radius 1 is 1.10 bits per heavy atom. The molecule has 4 heterocycles. The standard InChI is InChI=1S/C30H33F4N5OS2/c1-2-18-15-20(19-7-10-38(11-8-19)12-9-31)3-6-23(18)36-29-35-17-22(30(32,33)34)26(37-29)24-16-25-27(42-24)28(40)39(13-14-41-25)21-4-5-21/h3,6,15-17,19,21H,2,4-5,7-14H2,1H3,(H,35,36,37). The first-order valence-corrected chi connectivity index (χ1v) is 16.3. The molecule has 1 saturated heterocycles. The van der Waals surface area contributed by atoms with Gasteiger partial charge in [-0.1, -0.05) is 19.1 Å². The first-order valence-electron chi connectivity index (χ1n) is 14.5. The highest BCUT2D eigenvalue weighted by molar-refractivity contribution is 7.99. The minimum absolute atomic E-state index is 0.0714. The van der Waals surface area contributed by atoms with Crippen molar-refractivity contribution in [2.24, 2.45) is 0 Å². The molecule has 2 fully saturated rings. The molecule has 1 N–H and O–H groups in total. The molecule has 2 aliphatic heterocycles.